The van der Waals surface area contributed by atoms with E-state index in [1.165, 1.54) is 0 Å². The molecule has 1 N–H and O–H groups in total. The number of rotatable bonds is 2. The normalized spacial score (nSPS) is 11.6. The molecule has 2 nitrogen and oxygen atoms in total. The van der Waals surface area contributed by atoms with E-state index in [1.54, 1.807) is 0 Å². The fourth-order valence-corrected chi connectivity index (χ4v) is 1.71. The molecule has 0 aromatic heterocycles. The SMILES string of the molecule is O=C(O)Cc1c(Cl)cc(C(F)(F)F)cc1Cl. The molecule has 16 heavy (non-hydrogen) atoms. The molecule has 88 valence electrons. The van der Waals surface area contributed by atoms with E-state index in [4.69, 9.17) is 28.3 Å². The lowest BCUT2D eigenvalue weighted by atomic mass is 10.1. The van der Waals surface area contributed by atoms with Gasteiger partial charge >= 0.3 is 12.1 Å². The first-order valence-electron chi connectivity index (χ1n) is 3.98. The molecule has 0 fully saturated rings. The molecule has 0 aliphatic rings. The fourth-order valence-electron chi connectivity index (χ4n) is 1.09. The first kappa shape index (κ1) is 13.1. The minimum Gasteiger partial charge on any atom is -0.481 e. The Balaban J connectivity index is 3.23. The highest BCUT2D eigenvalue weighted by molar-refractivity contribution is 6.36. The van der Waals surface area contributed by atoms with Crippen LogP contribution in [-0.2, 0) is 17.4 Å². The maximum Gasteiger partial charge on any atom is 0.416 e. The molecule has 1 rings (SSSR count). The molecular weight excluding hydrogens is 268 g/mol. The predicted molar refractivity (Wildman–Crippen MR) is 52.8 cm³/mol. The zero-order valence-electron chi connectivity index (χ0n) is 7.61. The molecule has 0 amide bonds. The van der Waals surface area contributed by atoms with Gasteiger partial charge in [0.15, 0.2) is 0 Å². The van der Waals surface area contributed by atoms with E-state index in [0.29, 0.717) is 12.1 Å². The lowest BCUT2D eigenvalue weighted by Crippen LogP contribution is -2.07. The van der Waals surface area contributed by atoms with Crippen molar-refractivity contribution < 1.29 is 23.1 Å². The van der Waals surface area contributed by atoms with Crippen LogP contribution in [0.3, 0.4) is 0 Å². The summed E-state index contributed by atoms with van der Waals surface area (Å²) in [5.41, 5.74) is -1.03. The number of carboxylic acids is 1. The summed E-state index contributed by atoms with van der Waals surface area (Å²) in [6.07, 6.45) is -5.08. The number of carboxylic acid groups (broad SMARTS) is 1. The zero-order chi connectivity index (χ0) is 12.5. The van der Waals surface area contributed by atoms with Crippen LogP contribution in [0.2, 0.25) is 10.0 Å². The minimum atomic E-state index is -4.56. The molecule has 0 unspecified atom stereocenters. The van der Waals surface area contributed by atoms with Crippen LogP contribution in [-0.4, -0.2) is 11.1 Å². The van der Waals surface area contributed by atoms with Crippen LogP contribution in [0.25, 0.3) is 0 Å². The summed E-state index contributed by atoms with van der Waals surface area (Å²) in [4.78, 5) is 10.4. The molecule has 0 aliphatic carbocycles. The third-order valence-corrected chi connectivity index (χ3v) is 2.47. The van der Waals surface area contributed by atoms with Crippen LogP contribution in [0.1, 0.15) is 11.1 Å². The molecule has 7 heteroatoms. The van der Waals surface area contributed by atoms with Crippen molar-refractivity contribution in [1.29, 1.82) is 0 Å². The standard InChI is InChI=1S/C9H5Cl2F3O2/c10-6-1-4(9(12,13)14)2-7(11)5(6)3-8(15)16/h1-2H,3H2,(H,15,16). The average Bonchev–Trinajstić information content (AvgIpc) is 2.09. The van der Waals surface area contributed by atoms with Gasteiger partial charge in [-0.2, -0.15) is 13.2 Å². The lowest BCUT2D eigenvalue weighted by molar-refractivity contribution is -0.137. The van der Waals surface area contributed by atoms with Gasteiger partial charge in [0.05, 0.1) is 12.0 Å². The number of alkyl halides is 3. The Morgan fingerprint density at radius 3 is 2.00 bits per heavy atom. The van der Waals surface area contributed by atoms with Crippen LogP contribution in [0.4, 0.5) is 13.2 Å². The number of carbonyl (C=O) groups is 1. The van der Waals surface area contributed by atoms with Crippen LogP contribution < -0.4 is 0 Å². The van der Waals surface area contributed by atoms with Gasteiger partial charge in [-0.15, -0.1) is 0 Å². The Kier molecular flexibility index (Phi) is 3.70. The molecule has 0 spiro atoms. The summed E-state index contributed by atoms with van der Waals surface area (Å²) in [5.74, 6) is -1.22. The summed E-state index contributed by atoms with van der Waals surface area (Å²) in [6.45, 7) is 0. The van der Waals surface area contributed by atoms with Gasteiger partial charge in [0, 0.05) is 15.6 Å². The monoisotopic (exact) mass is 272 g/mol. The van der Waals surface area contributed by atoms with E-state index >= 15 is 0 Å². The van der Waals surface area contributed by atoms with Crippen molar-refractivity contribution in [3.8, 4) is 0 Å². The van der Waals surface area contributed by atoms with E-state index in [9.17, 15) is 18.0 Å². The summed E-state index contributed by atoms with van der Waals surface area (Å²) >= 11 is 11.1. The smallest absolute Gasteiger partial charge is 0.416 e. The number of halogens is 5. The third-order valence-electron chi connectivity index (χ3n) is 1.80. The van der Waals surface area contributed by atoms with Crippen molar-refractivity contribution in [1.82, 2.24) is 0 Å². The van der Waals surface area contributed by atoms with E-state index in [0.717, 1.165) is 0 Å². The second-order valence-electron chi connectivity index (χ2n) is 2.99. The van der Waals surface area contributed by atoms with Crippen molar-refractivity contribution >= 4 is 29.2 Å². The molecule has 0 aliphatic heterocycles. The Labute approximate surface area is 98.6 Å². The first-order chi connectivity index (χ1) is 7.21. The van der Waals surface area contributed by atoms with Crippen LogP contribution in [0.15, 0.2) is 12.1 Å². The van der Waals surface area contributed by atoms with E-state index in [1.807, 2.05) is 0 Å². The van der Waals surface area contributed by atoms with Crippen LogP contribution >= 0.6 is 23.2 Å². The Morgan fingerprint density at radius 1 is 1.25 bits per heavy atom. The lowest BCUT2D eigenvalue weighted by Gasteiger charge is -2.10. The van der Waals surface area contributed by atoms with Gasteiger partial charge in [-0.1, -0.05) is 23.2 Å². The van der Waals surface area contributed by atoms with Crippen molar-refractivity contribution in [3.63, 3.8) is 0 Å². The maximum absolute atomic E-state index is 12.3. The van der Waals surface area contributed by atoms with Gasteiger partial charge in [0.25, 0.3) is 0 Å². The van der Waals surface area contributed by atoms with E-state index in [-0.39, 0.29) is 15.6 Å². The largest absolute Gasteiger partial charge is 0.481 e. The number of benzene rings is 1. The minimum absolute atomic E-state index is 0.0242. The second-order valence-corrected chi connectivity index (χ2v) is 3.80. The van der Waals surface area contributed by atoms with Gasteiger partial charge in [-0.3, -0.25) is 4.79 Å². The predicted octanol–water partition coefficient (Wildman–Crippen LogP) is 3.64. The molecule has 0 saturated carbocycles. The third kappa shape index (κ3) is 3.02. The Hall–Kier alpha value is -0.940. The van der Waals surface area contributed by atoms with Crippen molar-refractivity contribution in [2.45, 2.75) is 12.6 Å². The summed E-state index contributed by atoms with van der Waals surface area (Å²) < 4.78 is 36.9. The molecule has 0 radical (unpaired) electrons. The molecule has 0 atom stereocenters. The van der Waals surface area contributed by atoms with Gasteiger partial charge in [0.2, 0.25) is 0 Å². The first-order valence-corrected chi connectivity index (χ1v) is 4.74. The van der Waals surface area contributed by atoms with Crippen molar-refractivity contribution in [2.75, 3.05) is 0 Å². The van der Waals surface area contributed by atoms with Crippen molar-refractivity contribution in [3.05, 3.63) is 33.3 Å². The van der Waals surface area contributed by atoms with Crippen LogP contribution in [0.5, 0.6) is 0 Å². The van der Waals surface area contributed by atoms with Crippen molar-refractivity contribution in [2.24, 2.45) is 0 Å². The quantitative estimate of drug-likeness (QED) is 0.893. The van der Waals surface area contributed by atoms with Gasteiger partial charge < -0.3 is 5.11 Å². The molecule has 0 heterocycles. The van der Waals surface area contributed by atoms with Gasteiger partial charge in [-0.05, 0) is 12.1 Å². The highest BCUT2D eigenvalue weighted by Crippen LogP contribution is 2.35. The number of aliphatic carboxylic acids is 1. The van der Waals surface area contributed by atoms with Gasteiger partial charge in [0.1, 0.15) is 0 Å². The zero-order valence-corrected chi connectivity index (χ0v) is 9.12. The fraction of sp³-hybridized carbons (Fsp3) is 0.222. The number of hydrogen-bond acceptors (Lipinski definition) is 1. The second kappa shape index (κ2) is 4.51. The summed E-state index contributed by atoms with van der Waals surface area (Å²) in [6, 6.07) is 1.32. The summed E-state index contributed by atoms with van der Waals surface area (Å²) in [7, 11) is 0. The molecule has 1 aromatic carbocycles. The van der Waals surface area contributed by atoms with Crippen LogP contribution in [0, 0.1) is 0 Å². The molecule has 1 aromatic rings. The van der Waals surface area contributed by atoms with E-state index < -0.39 is 24.1 Å². The summed E-state index contributed by atoms with van der Waals surface area (Å²) in [5, 5.41) is 7.90. The Bertz CT molecular complexity index is 406. The maximum atomic E-state index is 12.3. The Morgan fingerprint density at radius 2 is 1.69 bits per heavy atom. The van der Waals surface area contributed by atoms with Gasteiger partial charge in [-0.25, -0.2) is 0 Å². The number of hydrogen-bond donors (Lipinski definition) is 1. The van der Waals surface area contributed by atoms with E-state index in [2.05, 4.69) is 0 Å². The molecule has 0 bridgehead atoms. The topological polar surface area (TPSA) is 37.3 Å². The highest BCUT2D eigenvalue weighted by Gasteiger charge is 2.32. The average molecular weight is 273 g/mol. The highest BCUT2D eigenvalue weighted by atomic mass is 35.5. The molecular formula is C9H5Cl2F3O2. The molecule has 0 saturated heterocycles.